The molecular formula is C2H2ClF3O3P-. The predicted molar refractivity (Wildman–Crippen MR) is 25.5 cm³/mol. The molecule has 0 aliphatic carbocycles. The second-order valence-electron chi connectivity index (χ2n) is 1.32. The second kappa shape index (κ2) is 3.09. The number of halogens is 4. The van der Waals surface area contributed by atoms with Crippen LogP contribution in [0.2, 0.25) is 0 Å². The summed E-state index contributed by atoms with van der Waals surface area (Å²) in [5.74, 6) is 0. The molecule has 0 saturated carbocycles. The lowest BCUT2D eigenvalue weighted by molar-refractivity contribution is -0.210. The fourth-order valence-electron chi connectivity index (χ4n) is 0.150. The van der Waals surface area contributed by atoms with Gasteiger partial charge in [-0.2, -0.15) is 13.2 Å². The topological polar surface area (TPSA) is 49.4 Å². The Balaban J connectivity index is 3.67. The molecule has 0 bridgehead atoms. The van der Waals surface area contributed by atoms with Gasteiger partial charge in [-0.3, -0.25) is 4.57 Å². The van der Waals surface area contributed by atoms with E-state index in [4.69, 9.17) is 0 Å². The van der Waals surface area contributed by atoms with E-state index in [1.165, 1.54) is 0 Å². The first-order valence-corrected chi connectivity index (χ1v) is 4.37. The third kappa shape index (κ3) is 8.23. The van der Waals surface area contributed by atoms with Crippen LogP contribution in [0.1, 0.15) is 0 Å². The van der Waals surface area contributed by atoms with Gasteiger partial charge in [-0.25, -0.2) is 0 Å². The van der Waals surface area contributed by atoms with Gasteiger partial charge in [0.15, 0.2) is 0 Å². The SMILES string of the molecule is O=P([O-])(Cl)OCC(F)(F)F. The molecule has 1 atom stereocenters. The molecule has 8 heteroatoms. The zero-order valence-electron chi connectivity index (χ0n) is 4.39. The summed E-state index contributed by atoms with van der Waals surface area (Å²) in [6.07, 6.45) is -4.67. The Hall–Kier alpha value is 0.230. The zero-order chi connectivity index (χ0) is 8.41. The average Bonchev–Trinajstić information content (AvgIpc) is 1.57. The van der Waals surface area contributed by atoms with Crippen LogP contribution in [-0.2, 0) is 9.09 Å². The lowest BCUT2D eigenvalue weighted by atomic mass is 10.7. The van der Waals surface area contributed by atoms with E-state index >= 15 is 0 Å². The summed E-state index contributed by atoms with van der Waals surface area (Å²) in [7, 11) is 0. The van der Waals surface area contributed by atoms with Crippen molar-refractivity contribution < 1.29 is 27.2 Å². The van der Waals surface area contributed by atoms with Gasteiger partial charge in [-0.15, -0.1) is 0 Å². The Bertz CT molecular complexity index is 150. The van der Waals surface area contributed by atoms with E-state index in [9.17, 15) is 22.6 Å². The van der Waals surface area contributed by atoms with E-state index in [0.717, 1.165) is 0 Å². The Labute approximate surface area is 59.1 Å². The maximum atomic E-state index is 11.1. The molecular weight excluding hydrogens is 195 g/mol. The molecule has 10 heavy (non-hydrogen) atoms. The van der Waals surface area contributed by atoms with Crippen molar-refractivity contribution >= 4 is 18.2 Å². The van der Waals surface area contributed by atoms with Gasteiger partial charge in [0, 0.05) is 0 Å². The fourth-order valence-corrected chi connectivity index (χ4v) is 0.597. The first-order chi connectivity index (χ1) is 4.21. The molecule has 0 heterocycles. The van der Waals surface area contributed by atoms with Crippen LogP contribution in [0.25, 0.3) is 0 Å². The van der Waals surface area contributed by atoms with Gasteiger partial charge in [0.05, 0.1) is 0 Å². The normalized spacial score (nSPS) is 18.5. The minimum Gasteiger partial charge on any atom is -0.766 e. The summed E-state index contributed by atoms with van der Waals surface area (Å²) in [5, 5.41) is 0. The molecule has 0 amide bonds. The molecule has 3 nitrogen and oxygen atoms in total. The molecule has 0 N–H and O–H groups in total. The van der Waals surface area contributed by atoms with E-state index in [-0.39, 0.29) is 0 Å². The molecule has 0 aromatic rings. The maximum absolute atomic E-state index is 11.1. The molecule has 1 unspecified atom stereocenters. The number of rotatable bonds is 2. The maximum Gasteiger partial charge on any atom is 0.412 e. The van der Waals surface area contributed by atoms with E-state index in [0.29, 0.717) is 0 Å². The van der Waals surface area contributed by atoms with Crippen LogP contribution in [0.4, 0.5) is 13.2 Å². The predicted octanol–water partition coefficient (Wildman–Crippen LogP) is 1.27. The Morgan fingerprint density at radius 3 is 2.10 bits per heavy atom. The number of hydrogen-bond acceptors (Lipinski definition) is 3. The van der Waals surface area contributed by atoms with Crippen molar-refractivity contribution in [1.29, 1.82) is 0 Å². The summed E-state index contributed by atoms with van der Waals surface area (Å²) >= 11 is 4.32. The highest BCUT2D eigenvalue weighted by Crippen LogP contribution is 2.43. The molecule has 0 fully saturated rings. The summed E-state index contributed by atoms with van der Waals surface area (Å²) in [5.41, 5.74) is 0. The van der Waals surface area contributed by atoms with Crippen LogP contribution in [-0.4, -0.2) is 12.8 Å². The van der Waals surface area contributed by atoms with Gasteiger partial charge in [-0.1, -0.05) is 0 Å². The largest absolute Gasteiger partial charge is 0.766 e. The summed E-state index contributed by atoms with van der Waals surface area (Å²) in [6.45, 7) is -6.64. The molecule has 0 aromatic heterocycles. The van der Waals surface area contributed by atoms with Crippen molar-refractivity contribution in [3.8, 4) is 0 Å². The minimum absolute atomic E-state index is 1.88. The van der Waals surface area contributed by atoms with Crippen molar-refractivity contribution in [3.63, 3.8) is 0 Å². The minimum atomic E-state index is -4.76. The van der Waals surface area contributed by atoms with Crippen LogP contribution in [0.5, 0.6) is 0 Å². The first-order valence-electron chi connectivity index (χ1n) is 1.93. The van der Waals surface area contributed by atoms with Crippen molar-refractivity contribution in [2.75, 3.05) is 6.61 Å². The van der Waals surface area contributed by atoms with Crippen molar-refractivity contribution in [2.45, 2.75) is 6.18 Å². The summed E-state index contributed by atoms with van der Waals surface area (Å²) in [4.78, 5) is 9.75. The molecule has 62 valence electrons. The van der Waals surface area contributed by atoms with Crippen molar-refractivity contribution in [2.24, 2.45) is 0 Å². The smallest absolute Gasteiger partial charge is 0.412 e. The van der Waals surface area contributed by atoms with E-state index in [1.807, 2.05) is 0 Å². The molecule has 0 saturated heterocycles. The van der Waals surface area contributed by atoms with Gasteiger partial charge in [0.1, 0.15) is 6.61 Å². The molecule has 0 aliphatic heterocycles. The molecule has 0 aliphatic rings. The zero-order valence-corrected chi connectivity index (χ0v) is 6.04. The van der Waals surface area contributed by atoms with Gasteiger partial charge >= 0.3 is 6.18 Å². The van der Waals surface area contributed by atoms with Crippen LogP contribution in [0.3, 0.4) is 0 Å². The molecule has 0 spiro atoms. The third-order valence-corrected chi connectivity index (χ3v) is 1.11. The third-order valence-electron chi connectivity index (χ3n) is 0.382. The van der Waals surface area contributed by atoms with Gasteiger partial charge < -0.3 is 9.42 Å². The molecule has 0 aromatic carbocycles. The van der Waals surface area contributed by atoms with Gasteiger partial charge in [-0.05, 0) is 11.2 Å². The summed E-state index contributed by atoms with van der Waals surface area (Å²) in [6, 6.07) is 0. The molecule has 0 radical (unpaired) electrons. The first kappa shape index (κ1) is 10.2. The summed E-state index contributed by atoms with van der Waals surface area (Å²) < 4.78 is 46.4. The van der Waals surface area contributed by atoms with Crippen LogP contribution >= 0.6 is 18.2 Å². The van der Waals surface area contributed by atoms with Crippen LogP contribution in [0, 0.1) is 0 Å². The Morgan fingerprint density at radius 1 is 1.60 bits per heavy atom. The van der Waals surface area contributed by atoms with E-state index in [2.05, 4.69) is 15.8 Å². The van der Waals surface area contributed by atoms with Crippen LogP contribution in [0.15, 0.2) is 0 Å². The lowest BCUT2D eigenvalue weighted by Crippen LogP contribution is -2.17. The van der Waals surface area contributed by atoms with E-state index < -0.39 is 19.7 Å². The Morgan fingerprint density at radius 2 is 2.00 bits per heavy atom. The van der Waals surface area contributed by atoms with Crippen molar-refractivity contribution in [3.05, 3.63) is 0 Å². The van der Waals surface area contributed by atoms with Gasteiger partial charge in [0.25, 0.3) is 0 Å². The van der Waals surface area contributed by atoms with Crippen LogP contribution < -0.4 is 4.89 Å². The Kier molecular flexibility index (Phi) is 3.16. The highest BCUT2D eigenvalue weighted by molar-refractivity contribution is 7.79. The lowest BCUT2D eigenvalue weighted by Gasteiger charge is -2.15. The molecule has 0 rings (SSSR count). The quantitative estimate of drug-likeness (QED) is 0.627. The van der Waals surface area contributed by atoms with Gasteiger partial charge in [0.2, 0.25) is 6.95 Å². The second-order valence-corrected chi connectivity index (χ2v) is 3.68. The van der Waals surface area contributed by atoms with E-state index in [1.54, 1.807) is 0 Å². The monoisotopic (exact) mass is 197 g/mol. The number of alkyl halides is 3. The standard InChI is InChI=1S/C2H3ClF3O3P/c3-10(7,8)9-1-2(4,5)6/h1H2,(H,7,8)/p-1. The highest BCUT2D eigenvalue weighted by Gasteiger charge is 2.29. The fraction of sp³-hybridized carbons (Fsp3) is 1.00. The highest BCUT2D eigenvalue weighted by atomic mass is 35.7. The number of hydrogen-bond donors (Lipinski definition) is 0. The van der Waals surface area contributed by atoms with Crippen molar-refractivity contribution in [1.82, 2.24) is 0 Å². The average molecular weight is 197 g/mol.